The minimum atomic E-state index is 0.373. The average molecular weight is 239 g/mol. The fraction of sp³-hybridized carbons (Fsp3) is 0.250. The smallest absolute Gasteiger partial charge is 0.0995 e. The first-order valence-electron chi connectivity index (χ1n) is 6.40. The highest BCUT2D eigenvalue weighted by molar-refractivity contribution is 5.61. The van der Waals surface area contributed by atoms with Crippen molar-refractivity contribution in [3.8, 4) is 0 Å². The van der Waals surface area contributed by atoms with Crippen LogP contribution in [0.25, 0.3) is 5.70 Å². The van der Waals surface area contributed by atoms with Crippen LogP contribution < -0.4 is 5.32 Å². The normalized spacial score (nSPS) is 18.1. The van der Waals surface area contributed by atoms with Crippen LogP contribution in [-0.4, -0.2) is 0 Å². The van der Waals surface area contributed by atoms with Crippen LogP contribution in [0.2, 0.25) is 0 Å². The largest absolute Gasteiger partial charge is 0.472 e. The van der Waals surface area contributed by atoms with Crippen molar-refractivity contribution >= 4 is 5.70 Å². The molecule has 2 heteroatoms. The molecule has 0 amide bonds. The van der Waals surface area contributed by atoms with Gasteiger partial charge in [0, 0.05) is 11.3 Å². The lowest BCUT2D eigenvalue weighted by molar-refractivity contribution is 0.519. The van der Waals surface area contributed by atoms with Crippen LogP contribution in [0.3, 0.4) is 0 Å². The Hall–Kier alpha value is -1.96. The number of aryl methyl sites for hydroxylation is 1. The van der Waals surface area contributed by atoms with E-state index in [0.717, 1.165) is 17.7 Å². The van der Waals surface area contributed by atoms with Gasteiger partial charge in [-0.25, -0.2) is 0 Å². The molecule has 0 unspecified atom stereocenters. The van der Waals surface area contributed by atoms with Gasteiger partial charge in [-0.2, -0.15) is 0 Å². The number of hydrogen-bond donors (Lipinski definition) is 1. The van der Waals surface area contributed by atoms with Crippen molar-refractivity contribution in [1.29, 1.82) is 0 Å². The van der Waals surface area contributed by atoms with Gasteiger partial charge in [0.05, 0.1) is 18.6 Å². The minimum absolute atomic E-state index is 0.373. The van der Waals surface area contributed by atoms with Crippen molar-refractivity contribution in [2.45, 2.75) is 25.3 Å². The highest BCUT2D eigenvalue weighted by Crippen LogP contribution is 2.31. The summed E-state index contributed by atoms with van der Waals surface area (Å²) in [5, 5.41) is 3.52. The second-order valence-electron chi connectivity index (χ2n) is 4.78. The molecule has 0 fully saturated rings. The van der Waals surface area contributed by atoms with Crippen molar-refractivity contribution in [1.82, 2.24) is 5.32 Å². The van der Waals surface area contributed by atoms with Crippen LogP contribution >= 0.6 is 0 Å². The van der Waals surface area contributed by atoms with E-state index in [1.54, 1.807) is 12.5 Å². The summed E-state index contributed by atoms with van der Waals surface area (Å²) in [5.74, 6) is 0. The second-order valence-corrected chi connectivity index (χ2v) is 4.78. The minimum Gasteiger partial charge on any atom is -0.472 e. The second kappa shape index (κ2) is 4.73. The molecule has 0 saturated carbocycles. The van der Waals surface area contributed by atoms with E-state index in [-0.39, 0.29) is 0 Å². The molecule has 92 valence electrons. The summed E-state index contributed by atoms with van der Waals surface area (Å²) in [5.41, 5.74) is 4.83. The Labute approximate surface area is 107 Å². The molecular weight excluding hydrogens is 222 g/mol. The molecule has 1 N–H and O–H groups in total. The van der Waals surface area contributed by atoms with Gasteiger partial charge < -0.3 is 9.73 Å². The molecule has 0 bridgehead atoms. The molecule has 1 aliphatic rings. The van der Waals surface area contributed by atoms with Gasteiger partial charge in [-0.15, -0.1) is 0 Å². The summed E-state index contributed by atoms with van der Waals surface area (Å²) in [6.07, 6.45) is 6.98. The summed E-state index contributed by atoms with van der Waals surface area (Å²) in [6, 6.07) is 11.0. The van der Waals surface area contributed by atoms with Crippen molar-refractivity contribution in [3.63, 3.8) is 0 Å². The van der Waals surface area contributed by atoms with Crippen LogP contribution in [-0.2, 0) is 6.42 Å². The number of hydrogen-bond acceptors (Lipinski definition) is 2. The zero-order chi connectivity index (χ0) is 12.4. The molecule has 18 heavy (non-hydrogen) atoms. The topological polar surface area (TPSA) is 25.2 Å². The van der Waals surface area contributed by atoms with Crippen LogP contribution in [0.1, 0.15) is 35.6 Å². The van der Waals surface area contributed by atoms with Crippen LogP contribution in [0, 0.1) is 0 Å². The van der Waals surface area contributed by atoms with Crippen LogP contribution in [0.5, 0.6) is 0 Å². The van der Waals surface area contributed by atoms with E-state index < -0.39 is 0 Å². The molecule has 2 aromatic rings. The number of benzene rings is 1. The van der Waals surface area contributed by atoms with Crippen molar-refractivity contribution in [3.05, 3.63) is 66.1 Å². The molecule has 1 aromatic carbocycles. The third-order valence-corrected chi connectivity index (χ3v) is 3.59. The van der Waals surface area contributed by atoms with Gasteiger partial charge >= 0.3 is 0 Å². The predicted octanol–water partition coefficient (Wildman–Crippen LogP) is 3.92. The van der Waals surface area contributed by atoms with Crippen LogP contribution in [0.15, 0.2) is 53.9 Å². The summed E-state index contributed by atoms with van der Waals surface area (Å²) < 4.78 is 5.09. The molecule has 0 aliphatic heterocycles. The van der Waals surface area contributed by atoms with E-state index in [0.29, 0.717) is 6.04 Å². The monoisotopic (exact) mass is 239 g/mol. The molecule has 2 nitrogen and oxygen atoms in total. The van der Waals surface area contributed by atoms with Gasteiger partial charge in [-0.05, 0) is 36.5 Å². The van der Waals surface area contributed by atoms with Crippen molar-refractivity contribution < 1.29 is 4.42 Å². The summed E-state index contributed by atoms with van der Waals surface area (Å²) in [4.78, 5) is 0. The lowest BCUT2D eigenvalue weighted by atomic mass is 9.87. The first-order valence-corrected chi connectivity index (χ1v) is 6.40. The third kappa shape index (κ3) is 2.06. The Bertz CT molecular complexity index is 542. The maximum absolute atomic E-state index is 5.09. The lowest BCUT2D eigenvalue weighted by Gasteiger charge is -2.27. The highest BCUT2D eigenvalue weighted by Gasteiger charge is 2.20. The molecule has 1 atom stereocenters. The van der Waals surface area contributed by atoms with E-state index in [1.165, 1.54) is 24.0 Å². The maximum atomic E-state index is 5.09. The van der Waals surface area contributed by atoms with Gasteiger partial charge in [-0.1, -0.05) is 30.8 Å². The van der Waals surface area contributed by atoms with E-state index >= 15 is 0 Å². The van der Waals surface area contributed by atoms with E-state index in [2.05, 4.69) is 36.2 Å². The van der Waals surface area contributed by atoms with Crippen molar-refractivity contribution in [2.75, 3.05) is 0 Å². The molecule has 1 aromatic heterocycles. The first kappa shape index (κ1) is 11.1. The molecule has 0 spiro atoms. The number of fused-ring (bicyclic) bond motifs is 1. The number of nitrogens with one attached hydrogen (secondary N) is 1. The third-order valence-electron chi connectivity index (χ3n) is 3.59. The number of furan rings is 1. The quantitative estimate of drug-likeness (QED) is 0.878. The molecule has 0 radical (unpaired) electrons. The van der Waals surface area contributed by atoms with Crippen LogP contribution in [0.4, 0.5) is 0 Å². The van der Waals surface area contributed by atoms with Crippen molar-refractivity contribution in [2.24, 2.45) is 0 Å². The van der Waals surface area contributed by atoms with E-state index in [4.69, 9.17) is 4.42 Å². The molecule has 3 rings (SSSR count). The van der Waals surface area contributed by atoms with Gasteiger partial charge in [-0.3, -0.25) is 0 Å². The van der Waals surface area contributed by atoms with Gasteiger partial charge in [0.2, 0.25) is 0 Å². The predicted molar refractivity (Wildman–Crippen MR) is 73.0 cm³/mol. The van der Waals surface area contributed by atoms with Gasteiger partial charge in [0.15, 0.2) is 0 Å². The van der Waals surface area contributed by atoms with E-state index in [9.17, 15) is 0 Å². The Morgan fingerprint density at radius 2 is 2.17 bits per heavy atom. The lowest BCUT2D eigenvalue weighted by Crippen LogP contribution is -2.23. The number of rotatable bonds is 3. The zero-order valence-electron chi connectivity index (χ0n) is 10.4. The fourth-order valence-corrected chi connectivity index (χ4v) is 2.63. The summed E-state index contributed by atoms with van der Waals surface area (Å²) in [7, 11) is 0. The average Bonchev–Trinajstić information content (AvgIpc) is 2.93. The maximum Gasteiger partial charge on any atom is 0.0995 e. The van der Waals surface area contributed by atoms with E-state index in [1.807, 2.05) is 6.07 Å². The Balaban J connectivity index is 1.80. The fourth-order valence-electron chi connectivity index (χ4n) is 2.63. The standard InChI is InChI=1S/C16H17NO/c1-12(14-9-10-18-11-14)17-16-8-4-6-13-5-2-3-7-15(13)16/h2-3,5,7,9-11,16-17H,1,4,6,8H2/t16-/m1/s1. The highest BCUT2D eigenvalue weighted by atomic mass is 16.3. The molecule has 1 aliphatic carbocycles. The zero-order valence-corrected chi connectivity index (χ0v) is 10.4. The Kier molecular flexibility index (Phi) is 2.93. The summed E-state index contributed by atoms with van der Waals surface area (Å²) >= 11 is 0. The first-order chi connectivity index (χ1) is 8.84. The Morgan fingerprint density at radius 1 is 1.28 bits per heavy atom. The Morgan fingerprint density at radius 3 is 3.00 bits per heavy atom. The molecule has 1 heterocycles. The molecule has 0 saturated heterocycles. The van der Waals surface area contributed by atoms with Gasteiger partial charge in [0.25, 0.3) is 0 Å². The van der Waals surface area contributed by atoms with Gasteiger partial charge in [0.1, 0.15) is 0 Å². The SMILES string of the molecule is C=C(N[C@@H]1CCCc2ccccc21)c1ccoc1. The summed E-state index contributed by atoms with van der Waals surface area (Å²) in [6.45, 7) is 4.09. The molecular formula is C16H17NO.